The Morgan fingerprint density at radius 2 is 1.61 bits per heavy atom. The van der Waals surface area contributed by atoms with Gasteiger partial charge in [-0.3, -0.25) is 0 Å². The van der Waals surface area contributed by atoms with Crippen LogP contribution in [0.5, 0.6) is 11.5 Å². The fraction of sp³-hybridized carbons (Fsp3) is 0.462. The highest BCUT2D eigenvalue weighted by atomic mass is 16.8. The third-order valence-electron chi connectivity index (χ3n) is 7.01. The molecule has 2 saturated heterocycles. The summed E-state index contributed by atoms with van der Waals surface area (Å²) < 4.78 is 28.6. The maximum atomic E-state index is 10.9. The molecule has 15 nitrogen and oxygen atoms in total. The first-order chi connectivity index (χ1) is 19.5. The minimum absolute atomic E-state index is 0.0798. The smallest absolute Gasteiger partial charge is 0.229 e. The van der Waals surface area contributed by atoms with Gasteiger partial charge in [-0.1, -0.05) is 0 Å². The van der Waals surface area contributed by atoms with E-state index >= 15 is 0 Å². The minimum Gasteiger partial charge on any atom is -0.508 e. The average molecular weight is 583 g/mol. The second-order valence-electron chi connectivity index (χ2n) is 9.83. The van der Waals surface area contributed by atoms with E-state index in [1.165, 1.54) is 24.3 Å². The Morgan fingerprint density at radius 1 is 0.854 bits per heavy atom. The highest BCUT2D eigenvalue weighted by molar-refractivity contribution is 5.70. The monoisotopic (exact) mass is 582 g/mol. The summed E-state index contributed by atoms with van der Waals surface area (Å²) in [4.78, 5) is 0. The number of aliphatic hydroxyl groups is 8. The van der Waals surface area contributed by atoms with Crippen molar-refractivity contribution < 1.29 is 74.7 Å². The number of phenolic OH excluding ortho intramolecular Hbond substituents is 2. The first-order valence-electron chi connectivity index (χ1n) is 12.6. The lowest BCUT2D eigenvalue weighted by atomic mass is 9.96. The Kier molecular flexibility index (Phi) is 8.15. The molecule has 1 aromatic carbocycles. The lowest BCUT2D eigenvalue weighted by molar-refractivity contribution is -0.351. The van der Waals surface area contributed by atoms with Gasteiger partial charge in [-0.2, -0.15) is 0 Å². The molecule has 0 saturated carbocycles. The summed E-state index contributed by atoms with van der Waals surface area (Å²) in [7, 11) is 0. The number of rotatable bonds is 6. The van der Waals surface area contributed by atoms with E-state index in [9.17, 15) is 51.1 Å². The van der Waals surface area contributed by atoms with Crippen LogP contribution in [-0.2, 0) is 23.7 Å². The molecule has 0 bridgehead atoms. The zero-order chi connectivity index (χ0) is 29.6. The minimum atomic E-state index is -1.79. The molecule has 0 radical (unpaired) electrons. The molecule has 224 valence electrons. The lowest BCUT2D eigenvalue weighted by Crippen LogP contribution is -2.63. The number of benzene rings is 1. The van der Waals surface area contributed by atoms with Gasteiger partial charge in [0, 0.05) is 23.3 Å². The predicted molar refractivity (Wildman–Crippen MR) is 133 cm³/mol. The standard InChI is InChI=1S/C26H30O15/c27-7-18-20(34)21(35)24(41-25-22(36)19(33)15(32)8-37-25)26(40-18)39-17-6-11-13(30)4-10(28)5-16(11)38-23(17)9-1-2-12(29)14(31)3-9/h1-6,15-16,18-22,24-36H,7-8H2. The van der Waals surface area contributed by atoms with Crippen molar-refractivity contribution in [2.45, 2.75) is 61.4 Å². The van der Waals surface area contributed by atoms with E-state index in [2.05, 4.69) is 0 Å². The second-order valence-corrected chi connectivity index (χ2v) is 9.83. The van der Waals surface area contributed by atoms with E-state index in [-0.39, 0.29) is 34.2 Å². The van der Waals surface area contributed by atoms with Crippen LogP contribution in [0.2, 0.25) is 0 Å². The zero-order valence-electron chi connectivity index (χ0n) is 21.2. The summed E-state index contributed by atoms with van der Waals surface area (Å²) >= 11 is 0. The van der Waals surface area contributed by atoms with Crippen molar-refractivity contribution >= 4 is 5.76 Å². The SMILES string of the molecule is OCC1OC(OC2=C(c3ccc(O)c(O)c3)OC3C=C(O)C=C(O)C3=C2)C(OC2OCC(O)C(O)C2O)C(O)C1O. The topological polar surface area (TPSA) is 248 Å². The Hall–Kier alpha value is -3.38. The van der Waals surface area contributed by atoms with E-state index in [4.69, 9.17) is 23.7 Å². The van der Waals surface area contributed by atoms with Crippen molar-refractivity contribution in [2.75, 3.05) is 13.2 Å². The molecule has 3 aliphatic heterocycles. The van der Waals surface area contributed by atoms with Gasteiger partial charge in [0.25, 0.3) is 0 Å². The van der Waals surface area contributed by atoms with Crippen LogP contribution in [0.25, 0.3) is 5.76 Å². The van der Waals surface area contributed by atoms with Crippen molar-refractivity contribution in [1.29, 1.82) is 0 Å². The molecule has 15 heteroatoms. The highest BCUT2D eigenvalue weighted by Crippen LogP contribution is 2.40. The van der Waals surface area contributed by atoms with Gasteiger partial charge in [0.2, 0.25) is 6.29 Å². The van der Waals surface area contributed by atoms with Gasteiger partial charge in [-0.05, 0) is 24.3 Å². The largest absolute Gasteiger partial charge is 0.508 e. The van der Waals surface area contributed by atoms with Crippen molar-refractivity contribution in [1.82, 2.24) is 0 Å². The van der Waals surface area contributed by atoms with Crippen LogP contribution in [0.4, 0.5) is 0 Å². The maximum absolute atomic E-state index is 10.9. The number of fused-ring (bicyclic) bond motifs is 1. The number of aliphatic hydroxyl groups excluding tert-OH is 8. The molecule has 5 rings (SSSR count). The molecule has 3 heterocycles. The van der Waals surface area contributed by atoms with Gasteiger partial charge in [-0.25, -0.2) is 0 Å². The van der Waals surface area contributed by atoms with E-state index in [1.807, 2.05) is 0 Å². The summed E-state index contributed by atoms with van der Waals surface area (Å²) in [5.74, 6) is -1.83. The molecule has 1 aromatic rings. The molecule has 0 amide bonds. The van der Waals surface area contributed by atoms with E-state index in [0.29, 0.717) is 0 Å². The summed E-state index contributed by atoms with van der Waals surface area (Å²) in [5, 5.41) is 101. The first kappa shape index (κ1) is 29.1. The van der Waals surface area contributed by atoms with Crippen molar-refractivity contribution in [2.24, 2.45) is 0 Å². The molecule has 41 heavy (non-hydrogen) atoms. The molecule has 2 fully saturated rings. The van der Waals surface area contributed by atoms with Crippen LogP contribution < -0.4 is 0 Å². The van der Waals surface area contributed by atoms with Crippen LogP contribution in [0.3, 0.4) is 0 Å². The zero-order valence-corrected chi connectivity index (χ0v) is 21.2. The predicted octanol–water partition coefficient (Wildman–Crippen LogP) is -1.73. The van der Waals surface area contributed by atoms with E-state index in [1.54, 1.807) is 0 Å². The number of ether oxygens (including phenoxy) is 5. The molecule has 1 aliphatic carbocycles. The van der Waals surface area contributed by atoms with Crippen LogP contribution >= 0.6 is 0 Å². The van der Waals surface area contributed by atoms with Crippen LogP contribution in [0, 0.1) is 0 Å². The number of hydrogen-bond donors (Lipinski definition) is 10. The first-order valence-corrected chi connectivity index (χ1v) is 12.6. The fourth-order valence-corrected chi connectivity index (χ4v) is 4.75. The van der Waals surface area contributed by atoms with Crippen LogP contribution in [0.1, 0.15) is 5.56 Å². The van der Waals surface area contributed by atoms with Crippen molar-refractivity contribution in [3.05, 3.63) is 64.8 Å². The Morgan fingerprint density at radius 3 is 2.32 bits per heavy atom. The van der Waals surface area contributed by atoms with Gasteiger partial charge in [0.05, 0.1) is 13.2 Å². The van der Waals surface area contributed by atoms with E-state index < -0.39 is 86.1 Å². The van der Waals surface area contributed by atoms with Crippen LogP contribution in [-0.4, -0.2) is 126 Å². The molecule has 10 N–H and O–H groups in total. The highest BCUT2D eigenvalue weighted by Gasteiger charge is 2.50. The number of aromatic hydroxyl groups is 2. The average Bonchev–Trinajstić information content (AvgIpc) is 2.94. The number of allylic oxidation sites excluding steroid dienone is 2. The lowest BCUT2D eigenvalue weighted by Gasteiger charge is -2.45. The second kappa shape index (κ2) is 11.5. The molecule has 0 spiro atoms. The third kappa shape index (κ3) is 5.59. The van der Waals surface area contributed by atoms with Gasteiger partial charge < -0.3 is 74.7 Å². The van der Waals surface area contributed by atoms with Crippen molar-refractivity contribution in [3.63, 3.8) is 0 Å². The Labute approximate surface area is 231 Å². The van der Waals surface area contributed by atoms with Gasteiger partial charge in [-0.15, -0.1) is 0 Å². The molecule has 10 atom stereocenters. The summed E-state index contributed by atoms with van der Waals surface area (Å²) in [6, 6.07) is 3.70. The van der Waals surface area contributed by atoms with E-state index in [0.717, 1.165) is 12.1 Å². The summed E-state index contributed by atoms with van der Waals surface area (Å²) in [6.07, 6.45) is -11.9. The Balaban J connectivity index is 1.53. The molecular weight excluding hydrogens is 552 g/mol. The Bertz CT molecular complexity index is 1270. The van der Waals surface area contributed by atoms with Gasteiger partial charge in [0.1, 0.15) is 54.2 Å². The summed E-state index contributed by atoms with van der Waals surface area (Å²) in [6.45, 7) is -1.17. The van der Waals surface area contributed by atoms with Crippen molar-refractivity contribution in [3.8, 4) is 11.5 Å². The van der Waals surface area contributed by atoms with Gasteiger partial charge >= 0.3 is 0 Å². The quantitative estimate of drug-likeness (QED) is 0.167. The normalized spacial score (nSPS) is 37.4. The molecule has 4 aliphatic rings. The van der Waals surface area contributed by atoms with Gasteiger partial charge in [0.15, 0.2) is 35.4 Å². The number of hydrogen-bond acceptors (Lipinski definition) is 15. The number of phenols is 2. The molecular formula is C26H30O15. The van der Waals surface area contributed by atoms with Crippen LogP contribution in [0.15, 0.2) is 59.3 Å². The fourth-order valence-electron chi connectivity index (χ4n) is 4.75. The molecule has 0 aromatic heterocycles. The summed E-state index contributed by atoms with van der Waals surface area (Å²) in [5.41, 5.74) is 0.309. The molecule has 10 unspecified atom stereocenters. The third-order valence-corrected chi connectivity index (χ3v) is 7.01. The maximum Gasteiger partial charge on any atom is 0.229 e.